The minimum atomic E-state index is -0.310. The molecule has 0 radical (unpaired) electrons. The van der Waals surface area contributed by atoms with Crippen molar-refractivity contribution in [3.63, 3.8) is 0 Å². The summed E-state index contributed by atoms with van der Waals surface area (Å²) in [4.78, 5) is 1.13. The zero-order valence-corrected chi connectivity index (χ0v) is 11.0. The zero-order chi connectivity index (χ0) is 12.8. The van der Waals surface area contributed by atoms with Gasteiger partial charge >= 0.3 is 0 Å². The molecule has 2 heteroatoms. The van der Waals surface area contributed by atoms with Crippen LogP contribution >= 0.6 is 11.3 Å². The van der Waals surface area contributed by atoms with Crippen molar-refractivity contribution in [3.8, 4) is 22.8 Å². The highest BCUT2D eigenvalue weighted by molar-refractivity contribution is 7.13. The van der Waals surface area contributed by atoms with E-state index in [1.807, 2.05) is 6.07 Å². The predicted octanol–water partition coefficient (Wildman–Crippen LogP) is 4.59. The SMILES string of the molecule is C#Cc1c(F)cccc1-c1sccc1C1(C)CC1. The second-order valence-corrected chi connectivity index (χ2v) is 5.95. The van der Waals surface area contributed by atoms with Gasteiger partial charge in [-0.25, -0.2) is 4.39 Å². The average Bonchev–Trinajstić information content (AvgIpc) is 2.94. The fourth-order valence-corrected chi connectivity index (χ4v) is 3.39. The van der Waals surface area contributed by atoms with Crippen molar-refractivity contribution < 1.29 is 4.39 Å². The van der Waals surface area contributed by atoms with E-state index in [1.165, 1.54) is 24.5 Å². The summed E-state index contributed by atoms with van der Waals surface area (Å²) in [6, 6.07) is 7.21. The van der Waals surface area contributed by atoms with Crippen LogP contribution in [0.4, 0.5) is 4.39 Å². The van der Waals surface area contributed by atoms with Gasteiger partial charge in [-0.1, -0.05) is 25.0 Å². The Morgan fingerprint density at radius 1 is 1.33 bits per heavy atom. The van der Waals surface area contributed by atoms with Gasteiger partial charge < -0.3 is 0 Å². The Morgan fingerprint density at radius 2 is 2.11 bits per heavy atom. The van der Waals surface area contributed by atoms with Crippen molar-refractivity contribution >= 4 is 11.3 Å². The summed E-state index contributed by atoms with van der Waals surface area (Å²) >= 11 is 1.65. The average molecular weight is 256 g/mol. The van der Waals surface area contributed by atoms with Crippen LogP contribution in [-0.4, -0.2) is 0 Å². The van der Waals surface area contributed by atoms with E-state index in [4.69, 9.17) is 6.42 Å². The van der Waals surface area contributed by atoms with Crippen LogP contribution in [0.3, 0.4) is 0 Å². The van der Waals surface area contributed by atoms with Crippen LogP contribution in [0, 0.1) is 18.2 Å². The summed E-state index contributed by atoms with van der Waals surface area (Å²) in [5.41, 5.74) is 2.82. The van der Waals surface area contributed by atoms with Gasteiger partial charge in [0.05, 0.1) is 5.56 Å². The molecule has 1 heterocycles. The number of benzene rings is 1. The second-order valence-electron chi connectivity index (χ2n) is 5.03. The lowest BCUT2D eigenvalue weighted by Gasteiger charge is -2.11. The highest BCUT2D eigenvalue weighted by Crippen LogP contribution is 2.52. The first-order valence-electron chi connectivity index (χ1n) is 5.99. The third kappa shape index (κ3) is 1.67. The molecule has 3 rings (SSSR count). The summed E-state index contributed by atoms with van der Waals surface area (Å²) in [5, 5.41) is 2.07. The Balaban J connectivity index is 2.20. The van der Waals surface area contributed by atoms with Crippen LogP contribution in [0.25, 0.3) is 10.4 Å². The van der Waals surface area contributed by atoms with Crippen LogP contribution in [-0.2, 0) is 5.41 Å². The topological polar surface area (TPSA) is 0 Å². The number of rotatable bonds is 2. The maximum absolute atomic E-state index is 13.7. The number of halogens is 1. The van der Waals surface area contributed by atoms with E-state index in [0.29, 0.717) is 5.56 Å². The molecule has 0 amide bonds. The molecule has 0 unspecified atom stereocenters. The van der Waals surface area contributed by atoms with Crippen LogP contribution in [0.15, 0.2) is 29.6 Å². The molecular weight excluding hydrogens is 243 g/mol. The van der Waals surface area contributed by atoms with E-state index in [-0.39, 0.29) is 11.2 Å². The highest BCUT2D eigenvalue weighted by atomic mass is 32.1. The monoisotopic (exact) mass is 256 g/mol. The minimum absolute atomic E-state index is 0.271. The maximum Gasteiger partial charge on any atom is 0.139 e. The highest BCUT2D eigenvalue weighted by Gasteiger charge is 2.41. The number of thiophene rings is 1. The van der Waals surface area contributed by atoms with Crippen LogP contribution < -0.4 is 0 Å². The number of hydrogen-bond acceptors (Lipinski definition) is 1. The van der Waals surface area contributed by atoms with Crippen LogP contribution in [0.2, 0.25) is 0 Å². The lowest BCUT2D eigenvalue weighted by atomic mass is 9.94. The van der Waals surface area contributed by atoms with E-state index in [1.54, 1.807) is 17.4 Å². The van der Waals surface area contributed by atoms with E-state index in [2.05, 4.69) is 24.3 Å². The van der Waals surface area contributed by atoms with Crippen LogP contribution in [0.1, 0.15) is 30.9 Å². The van der Waals surface area contributed by atoms with E-state index in [0.717, 1.165) is 10.4 Å². The molecule has 90 valence electrons. The van der Waals surface area contributed by atoms with Gasteiger partial charge in [0.2, 0.25) is 0 Å². The molecule has 0 N–H and O–H groups in total. The smallest absolute Gasteiger partial charge is 0.139 e. The molecular formula is C16H13FS. The van der Waals surface area contributed by atoms with Crippen molar-refractivity contribution in [2.45, 2.75) is 25.2 Å². The quantitative estimate of drug-likeness (QED) is 0.689. The molecule has 0 bridgehead atoms. The predicted molar refractivity (Wildman–Crippen MR) is 74.2 cm³/mol. The fourth-order valence-electron chi connectivity index (χ4n) is 2.31. The summed E-state index contributed by atoms with van der Waals surface area (Å²) in [5.74, 6) is 2.17. The van der Waals surface area contributed by atoms with Crippen molar-refractivity contribution in [1.29, 1.82) is 0 Å². The molecule has 0 saturated heterocycles. The van der Waals surface area contributed by atoms with Crippen molar-refractivity contribution in [2.24, 2.45) is 0 Å². The molecule has 0 spiro atoms. The van der Waals surface area contributed by atoms with E-state index < -0.39 is 0 Å². The van der Waals surface area contributed by atoms with Gasteiger partial charge in [-0.15, -0.1) is 17.8 Å². The molecule has 1 aliphatic rings. The Bertz CT molecular complexity index is 641. The molecule has 0 nitrogen and oxygen atoms in total. The summed E-state index contributed by atoms with van der Waals surface area (Å²) in [6.45, 7) is 2.26. The first kappa shape index (κ1) is 11.5. The zero-order valence-electron chi connectivity index (χ0n) is 10.2. The lowest BCUT2D eigenvalue weighted by molar-refractivity contribution is 0.625. The Labute approximate surface area is 110 Å². The van der Waals surface area contributed by atoms with E-state index in [9.17, 15) is 4.39 Å². The summed E-state index contributed by atoms with van der Waals surface area (Å²) in [6.07, 6.45) is 7.86. The molecule has 1 aromatic carbocycles. The minimum Gasteiger partial charge on any atom is -0.206 e. The normalized spacial score (nSPS) is 16.3. The largest absolute Gasteiger partial charge is 0.206 e. The lowest BCUT2D eigenvalue weighted by Crippen LogP contribution is -2.00. The second kappa shape index (κ2) is 3.96. The first-order chi connectivity index (χ1) is 8.65. The molecule has 1 fully saturated rings. The molecule has 1 saturated carbocycles. The molecule has 1 aliphatic carbocycles. The van der Waals surface area contributed by atoms with Gasteiger partial charge in [0.25, 0.3) is 0 Å². The van der Waals surface area contributed by atoms with Gasteiger partial charge in [-0.05, 0) is 41.3 Å². The molecule has 0 aliphatic heterocycles. The van der Waals surface area contributed by atoms with E-state index >= 15 is 0 Å². The molecule has 18 heavy (non-hydrogen) atoms. The van der Waals surface area contributed by atoms with Crippen LogP contribution in [0.5, 0.6) is 0 Å². The van der Waals surface area contributed by atoms with Gasteiger partial charge in [-0.3, -0.25) is 0 Å². The molecule has 1 aromatic heterocycles. The number of terminal acetylenes is 1. The third-order valence-corrected chi connectivity index (χ3v) is 4.67. The summed E-state index contributed by atoms with van der Waals surface area (Å²) in [7, 11) is 0. The standard InChI is InChI=1S/C16H13FS/c1-3-11-12(5-4-6-14(11)17)15-13(7-10-18-15)16(2)8-9-16/h1,4-7,10H,8-9H2,2H3. The Kier molecular flexibility index (Phi) is 2.53. The van der Waals surface area contributed by atoms with Gasteiger partial charge in [0.15, 0.2) is 0 Å². The number of hydrogen-bond donors (Lipinski definition) is 0. The maximum atomic E-state index is 13.7. The van der Waals surface area contributed by atoms with Gasteiger partial charge in [-0.2, -0.15) is 0 Å². The molecule has 0 atom stereocenters. The molecule has 2 aromatic rings. The summed E-state index contributed by atoms with van der Waals surface area (Å²) < 4.78 is 13.7. The Hall–Kier alpha value is -1.59. The van der Waals surface area contributed by atoms with Crippen molar-refractivity contribution in [1.82, 2.24) is 0 Å². The van der Waals surface area contributed by atoms with Crippen molar-refractivity contribution in [3.05, 3.63) is 46.6 Å². The Morgan fingerprint density at radius 3 is 2.78 bits per heavy atom. The van der Waals surface area contributed by atoms with Crippen molar-refractivity contribution in [2.75, 3.05) is 0 Å². The first-order valence-corrected chi connectivity index (χ1v) is 6.87. The van der Waals surface area contributed by atoms with Gasteiger partial charge in [0.1, 0.15) is 5.82 Å². The van der Waals surface area contributed by atoms with Gasteiger partial charge in [0, 0.05) is 10.4 Å². The fraction of sp³-hybridized carbons (Fsp3) is 0.250. The third-order valence-electron chi connectivity index (χ3n) is 3.72.